The predicted octanol–water partition coefficient (Wildman–Crippen LogP) is -0.717. The van der Waals surface area contributed by atoms with Crippen molar-refractivity contribution in [1.82, 2.24) is 30.2 Å². The second-order valence-corrected chi connectivity index (χ2v) is 7.76. The summed E-state index contributed by atoms with van der Waals surface area (Å²) in [6.45, 7) is 2.66. The van der Waals surface area contributed by atoms with Crippen LogP contribution < -0.4 is 15.8 Å². The minimum absolute atomic E-state index is 0.0754. The maximum Gasteiger partial charge on any atom is 0.266 e. The first kappa shape index (κ1) is 22.4. The van der Waals surface area contributed by atoms with E-state index in [2.05, 4.69) is 37.4 Å². The van der Waals surface area contributed by atoms with E-state index in [9.17, 15) is 8.42 Å². The van der Waals surface area contributed by atoms with Gasteiger partial charge in [-0.2, -0.15) is 8.42 Å². The molecule has 3 heterocycles. The van der Waals surface area contributed by atoms with Crippen LogP contribution in [0.25, 0.3) is 22.6 Å². The molecule has 0 spiro atoms. The Kier molecular flexibility index (Phi) is 7.02. The fourth-order valence-electron chi connectivity index (χ4n) is 2.83. The minimum atomic E-state index is -4.02. The molecule has 0 fully saturated rings. The molecule has 3 rings (SSSR count). The molecule has 14 heteroatoms. The van der Waals surface area contributed by atoms with Gasteiger partial charge in [0.05, 0.1) is 11.9 Å². The summed E-state index contributed by atoms with van der Waals surface area (Å²) < 4.78 is 42.6. The lowest BCUT2D eigenvalue weighted by molar-refractivity contribution is 0.310. The van der Waals surface area contributed by atoms with Gasteiger partial charge >= 0.3 is 0 Å². The van der Waals surface area contributed by atoms with Crippen LogP contribution in [0.15, 0.2) is 10.8 Å². The van der Waals surface area contributed by atoms with Crippen molar-refractivity contribution < 1.29 is 27.4 Å². The Bertz CT molecular complexity index is 1230. The van der Waals surface area contributed by atoms with Gasteiger partial charge in [0.1, 0.15) is 29.9 Å². The van der Waals surface area contributed by atoms with Gasteiger partial charge < -0.3 is 25.5 Å². The van der Waals surface area contributed by atoms with Crippen LogP contribution in [0.5, 0.6) is 5.75 Å². The van der Waals surface area contributed by atoms with Crippen LogP contribution in [0, 0.1) is 11.8 Å². The Morgan fingerprint density at radius 3 is 2.81 bits per heavy atom. The van der Waals surface area contributed by atoms with Crippen molar-refractivity contribution in [1.29, 1.82) is 0 Å². The van der Waals surface area contributed by atoms with E-state index in [1.807, 2.05) is 6.92 Å². The van der Waals surface area contributed by atoms with Gasteiger partial charge in [0.15, 0.2) is 23.1 Å². The molecule has 166 valence electrons. The molecule has 5 N–H and O–H groups in total. The van der Waals surface area contributed by atoms with Gasteiger partial charge in [-0.05, 0) is 23.2 Å². The molecule has 0 saturated carbocycles. The number of anilines is 1. The van der Waals surface area contributed by atoms with Gasteiger partial charge in [0, 0.05) is 19.6 Å². The SMILES string of the molecule is CCn1c(-c2nonc2N)nc2c(C#CCO)ncc(OCCNCCS(=O)(=O)O)c21. The summed E-state index contributed by atoms with van der Waals surface area (Å²) in [6.07, 6.45) is 1.49. The zero-order valence-corrected chi connectivity index (χ0v) is 17.4. The largest absolute Gasteiger partial charge is 0.488 e. The monoisotopic (exact) mass is 451 g/mol. The summed E-state index contributed by atoms with van der Waals surface area (Å²) in [7, 11) is -4.02. The number of nitrogens with zero attached hydrogens (tertiary/aromatic N) is 5. The number of nitrogen functional groups attached to an aromatic ring is 1. The summed E-state index contributed by atoms with van der Waals surface area (Å²) in [5.74, 6) is 5.80. The Labute approximate surface area is 177 Å². The van der Waals surface area contributed by atoms with Crippen molar-refractivity contribution in [2.24, 2.45) is 0 Å². The number of aliphatic hydroxyl groups is 1. The van der Waals surface area contributed by atoms with Crippen LogP contribution in [0.2, 0.25) is 0 Å². The molecule has 31 heavy (non-hydrogen) atoms. The molecule has 0 amide bonds. The number of aromatic nitrogens is 5. The molecule has 3 aromatic heterocycles. The molecule has 0 aliphatic heterocycles. The van der Waals surface area contributed by atoms with Gasteiger partial charge in [-0.1, -0.05) is 5.92 Å². The molecule has 0 unspecified atom stereocenters. The van der Waals surface area contributed by atoms with Crippen LogP contribution in [0.1, 0.15) is 12.6 Å². The molecule has 13 nitrogen and oxygen atoms in total. The number of aryl methyl sites for hydroxylation is 1. The molecule has 0 aliphatic rings. The molecule has 0 aliphatic carbocycles. The van der Waals surface area contributed by atoms with E-state index in [0.717, 1.165) is 0 Å². The third kappa shape index (κ3) is 5.27. The van der Waals surface area contributed by atoms with E-state index in [1.165, 1.54) is 6.20 Å². The van der Waals surface area contributed by atoms with Crippen molar-refractivity contribution >= 4 is 27.0 Å². The number of hydrogen-bond acceptors (Lipinski definition) is 11. The summed E-state index contributed by atoms with van der Waals surface area (Å²) in [5, 5.41) is 19.3. The number of rotatable bonds is 9. The molecular weight excluding hydrogens is 430 g/mol. The maximum absolute atomic E-state index is 10.7. The third-order valence-corrected chi connectivity index (χ3v) is 4.86. The summed E-state index contributed by atoms with van der Waals surface area (Å²) in [4.78, 5) is 8.84. The van der Waals surface area contributed by atoms with Crippen LogP contribution in [0.4, 0.5) is 5.82 Å². The molecule has 0 saturated heterocycles. The summed E-state index contributed by atoms with van der Waals surface area (Å²) >= 11 is 0. The first-order chi connectivity index (χ1) is 14.9. The highest BCUT2D eigenvalue weighted by Gasteiger charge is 2.23. The number of nitrogens with one attached hydrogen (secondary N) is 1. The standard InChI is InChI=1S/C17H21N7O6S/c1-2-24-15-12(29-8-5-19-6-9-31(26,27)28)10-20-11(4-3-7-25)13(15)21-17(24)14-16(18)23-30-22-14/h10,19,25H,2,5-9H2,1H3,(H2,18,23)(H,26,27,28). The average Bonchev–Trinajstić information content (AvgIpc) is 3.31. The van der Waals surface area contributed by atoms with Crippen LogP contribution in [0.3, 0.4) is 0 Å². The van der Waals surface area contributed by atoms with Gasteiger partial charge in [-0.15, -0.1) is 0 Å². The smallest absolute Gasteiger partial charge is 0.266 e. The van der Waals surface area contributed by atoms with Crippen molar-refractivity contribution in [3.8, 4) is 29.1 Å². The second-order valence-electron chi connectivity index (χ2n) is 6.19. The van der Waals surface area contributed by atoms with E-state index in [-0.39, 0.29) is 31.3 Å². The van der Waals surface area contributed by atoms with Crippen molar-refractivity contribution in [3.63, 3.8) is 0 Å². The predicted molar refractivity (Wildman–Crippen MR) is 110 cm³/mol. The lowest BCUT2D eigenvalue weighted by Crippen LogP contribution is -2.26. The zero-order valence-electron chi connectivity index (χ0n) is 16.6. The Balaban J connectivity index is 1.93. The number of aliphatic hydroxyl groups excluding tert-OH is 1. The Morgan fingerprint density at radius 1 is 1.35 bits per heavy atom. The number of fused-ring (bicyclic) bond motifs is 1. The molecule has 0 radical (unpaired) electrons. The number of nitrogens with two attached hydrogens (primary N) is 1. The van der Waals surface area contributed by atoms with E-state index in [0.29, 0.717) is 41.4 Å². The lowest BCUT2D eigenvalue weighted by Gasteiger charge is -2.11. The van der Waals surface area contributed by atoms with Crippen molar-refractivity contribution in [2.45, 2.75) is 13.5 Å². The minimum Gasteiger partial charge on any atom is -0.488 e. The van der Waals surface area contributed by atoms with Gasteiger partial charge in [0.25, 0.3) is 10.1 Å². The zero-order chi connectivity index (χ0) is 22.4. The number of hydrogen-bond donors (Lipinski definition) is 4. The topological polar surface area (TPSA) is 192 Å². The fraction of sp³-hybridized carbons (Fsp3) is 0.412. The van der Waals surface area contributed by atoms with Gasteiger partial charge in [-0.3, -0.25) is 4.55 Å². The van der Waals surface area contributed by atoms with Crippen LogP contribution in [-0.2, 0) is 16.7 Å². The molecular formula is C17H21N7O6S. The third-order valence-electron chi connectivity index (χ3n) is 4.14. The second kappa shape index (κ2) is 9.71. The molecule has 0 atom stereocenters. The Hall–Kier alpha value is -3.25. The number of imidazole rings is 1. The normalized spacial score (nSPS) is 11.5. The number of ether oxygens (including phenoxy) is 1. The summed E-state index contributed by atoms with van der Waals surface area (Å²) in [6, 6.07) is 0. The van der Waals surface area contributed by atoms with Crippen LogP contribution >= 0.6 is 0 Å². The first-order valence-electron chi connectivity index (χ1n) is 9.21. The highest BCUT2D eigenvalue weighted by atomic mass is 32.2. The van der Waals surface area contributed by atoms with E-state index >= 15 is 0 Å². The molecule has 0 bridgehead atoms. The lowest BCUT2D eigenvalue weighted by atomic mass is 10.3. The van der Waals surface area contributed by atoms with Gasteiger partial charge in [0.2, 0.25) is 0 Å². The average molecular weight is 451 g/mol. The first-order valence-corrected chi connectivity index (χ1v) is 10.8. The van der Waals surface area contributed by atoms with Crippen LogP contribution in [-0.4, -0.2) is 75.0 Å². The Morgan fingerprint density at radius 2 is 2.16 bits per heavy atom. The quantitative estimate of drug-likeness (QED) is 0.182. The van der Waals surface area contributed by atoms with Crippen molar-refractivity contribution in [2.75, 3.05) is 37.8 Å². The fourth-order valence-corrected chi connectivity index (χ4v) is 3.23. The molecule has 0 aromatic carbocycles. The highest BCUT2D eigenvalue weighted by molar-refractivity contribution is 7.85. The highest BCUT2D eigenvalue weighted by Crippen LogP contribution is 2.32. The molecule has 3 aromatic rings. The van der Waals surface area contributed by atoms with Crippen molar-refractivity contribution in [3.05, 3.63) is 11.9 Å². The number of pyridine rings is 1. The van der Waals surface area contributed by atoms with E-state index < -0.39 is 15.9 Å². The van der Waals surface area contributed by atoms with Gasteiger partial charge in [-0.25, -0.2) is 14.6 Å². The van der Waals surface area contributed by atoms with E-state index in [1.54, 1.807) is 4.57 Å². The van der Waals surface area contributed by atoms with E-state index in [4.69, 9.17) is 24.8 Å². The maximum atomic E-state index is 10.7. The summed E-state index contributed by atoms with van der Waals surface area (Å²) in [5.41, 5.74) is 7.45.